The Morgan fingerprint density at radius 1 is 1.12 bits per heavy atom. The number of nitrogens with zero attached hydrogens (tertiary/aromatic N) is 2. The molecule has 0 aromatic heterocycles. The Kier molecular flexibility index (Phi) is 7.67. The van der Waals surface area contributed by atoms with Crippen molar-refractivity contribution in [3.05, 3.63) is 22.5 Å². The van der Waals surface area contributed by atoms with E-state index in [1.165, 1.54) is 0 Å². The maximum atomic E-state index is 10.5. The summed E-state index contributed by atoms with van der Waals surface area (Å²) in [5.74, 6) is 4.10. The topological polar surface area (TPSA) is 78.7 Å². The number of carbonyl (C=O) groups excluding carboxylic acids is 2. The van der Waals surface area contributed by atoms with Crippen LogP contribution in [0.5, 0.6) is 0 Å². The normalized spacial score (nSPS) is 16.0. The summed E-state index contributed by atoms with van der Waals surface area (Å²) in [6.07, 6.45) is 5.78. The molecule has 2 fully saturated rings. The largest absolute Gasteiger partial charge is 2.00 e. The van der Waals surface area contributed by atoms with Crippen molar-refractivity contribution >= 4 is 46.9 Å². The molecule has 0 amide bonds. The average Bonchev–Trinajstić information content (AvgIpc) is 3.14. The zero-order valence-electron chi connectivity index (χ0n) is 9.56. The molecule has 0 radical (unpaired) electrons. The maximum absolute atomic E-state index is 10.5. The number of hydrogen-bond acceptors (Lipinski definition) is 2. The molecular formula is C12H12MgN2O2. The van der Waals surface area contributed by atoms with Gasteiger partial charge in [-0.2, -0.15) is 0 Å². The van der Waals surface area contributed by atoms with E-state index in [1.54, 1.807) is 5.87 Å². The Morgan fingerprint density at radius 3 is 1.88 bits per heavy atom. The van der Waals surface area contributed by atoms with E-state index in [0.717, 1.165) is 31.8 Å². The van der Waals surface area contributed by atoms with Crippen LogP contribution in [0.25, 0.3) is 10.8 Å². The van der Waals surface area contributed by atoms with Crippen molar-refractivity contribution in [1.29, 1.82) is 0 Å². The summed E-state index contributed by atoms with van der Waals surface area (Å²) in [7, 11) is 0. The summed E-state index contributed by atoms with van der Waals surface area (Å²) in [4.78, 5) is 20.5. The quantitative estimate of drug-likeness (QED) is 0.320. The second-order valence-electron chi connectivity index (χ2n) is 3.91. The number of rotatable bonds is 4. The summed E-state index contributed by atoms with van der Waals surface area (Å²) < 4.78 is 0. The fourth-order valence-corrected chi connectivity index (χ4v) is 1.16. The molecule has 2 rings (SSSR count). The molecule has 2 saturated carbocycles. The Hall–Kier alpha value is -0.994. The van der Waals surface area contributed by atoms with Gasteiger partial charge in [-0.15, -0.1) is 0 Å². The van der Waals surface area contributed by atoms with E-state index >= 15 is 0 Å². The second kappa shape index (κ2) is 8.15. The van der Waals surface area contributed by atoms with Crippen LogP contribution in [-0.4, -0.2) is 46.9 Å². The minimum atomic E-state index is 0. The van der Waals surface area contributed by atoms with Crippen LogP contribution in [0.15, 0.2) is 11.6 Å². The van der Waals surface area contributed by atoms with Crippen LogP contribution < -0.4 is 0 Å². The zero-order chi connectivity index (χ0) is 12.0. The van der Waals surface area contributed by atoms with Crippen LogP contribution in [0.3, 0.4) is 0 Å². The molecule has 5 heteroatoms. The molecule has 0 atom stereocenters. The first kappa shape index (κ1) is 16.0. The van der Waals surface area contributed by atoms with Gasteiger partial charge < -0.3 is 10.8 Å². The predicted octanol–water partition coefficient (Wildman–Crippen LogP) is 1.14. The number of ketones is 1. The van der Waals surface area contributed by atoms with E-state index in [1.807, 2.05) is 5.87 Å². The van der Waals surface area contributed by atoms with Gasteiger partial charge in [-0.1, -0.05) is 0 Å². The third-order valence-electron chi connectivity index (χ3n) is 2.46. The van der Waals surface area contributed by atoms with Crippen molar-refractivity contribution in [3.8, 4) is 0 Å². The molecular weight excluding hydrogens is 228 g/mol. The first-order valence-corrected chi connectivity index (χ1v) is 5.21. The van der Waals surface area contributed by atoms with Gasteiger partial charge in [-0.3, -0.25) is 21.3 Å². The van der Waals surface area contributed by atoms with Crippen LogP contribution in [0, 0.1) is 11.8 Å². The minimum absolute atomic E-state index is 0. The average molecular weight is 241 g/mol. The molecule has 0 aromatic rings. The maximum Gasteiger partial charge on any atom is 2.00 e. The van der Waals surface area contributed by atoms with Gasteiger partial charge in [-0.05, 0) is 37.7 Å². The summed E-state index contributed by atoms with van der Waals surface area (Å²) in [6.45, 7) is 0. The molecule has 0 heterocycles. The molecule has 0 spiro atoms. The van der Waals surface area contributed by atoms with Crippen LogP contribution in [-0.2, 0) is 9.59 Å². The van der Waals surface area contributed by atoms with Crippen molar-refractivity contribution in [3.63, 3.8) is 0 Å². The zero-order valence-corrected chi connectivity index (χ0v) is 11.0. The molecule has 0 aromatic carbocycles. The number of allylic oxidation sites excluding steroid dienone is 2. The molecule has 84 valence electrons. The third kappa shape index (κ3) is 6.34. The van der Waals surface area contributed by atoms with Crippen LogP contribution in [0.1, 0.15) is 25.7 Å². The Labute approximate surface area is 116 Å². The SMILES string of the molecule is [Mg+2].[N-]=C=C(C=O)C1CC1.[N-]=C=CC(=O)C1CC1. The molecule has 2 aliphatic rings. The molecule has 17 heavy (non-hydrogen) atoms. The third-order valence-corrected chi connectivity index (χ3v) is 2.46. The molecule has 0 N–H and O–H groups in total. The fourth-order valence-electron chi connectivity index (χ4n) is 1.16. The van der Waals surface area contributed by atoms with E-state index in [-0.39, 0.29) is 34.8 Å². The summed E-state index contributed by atoms with van der Waals surface area (Å²) in [5.41, 5.74) is 0.421. The summed E-state index contributed by atoms with van der Waals surface area (Å²) in [5, 5.41) is 16.2. The predicted molar refractivity (Wildman–Crippen MR) is 67.1 cm³/mol. The molecule has 4 nitrogen and oxygen atoms in total. The second-order valence-corrected chi connectivity index (χ2v) is 3.91. The number of hydrogen-bond donors (Lipinski definition) is 0. The molecule has 0 bridgehead atoms. The van der Waals surface area contributed by atoms with Gasteiger partial charge in [0.2, 0.25) is 0 Å². The van der Waals surface area contributed by atoms with Crippen molar-refractivity contribution in [1.82, 2.24) is 0 Å². The van der Waals surface area contributed by atoms with Crippen molar-refractivity contribution in [2.75, 3.05) is 0 Å². The molecule has 0 saturated heterocycles. The standard InChI is InChI=1S/2C6H6NO.Mg/c7-3-6(4-8)5-1-2-5;7-4-3-6(8)5-1-2-5;/h4-5H,1-2H2;3,5H,1-2H2;/q2*-1;+2. The molecule has 0 aliphatic heterocycles. The Morgan fingerprint density at radius 2 is 1.65 bits per heavy atom. The van der Waals surface area contributed by atoms with Gasteiger partial charge >= 0.3 is 23.1 Å². The first-order valence-electron chi connectivity index (χ1n) is 5.21. The van der Waals surface area contributed by atoms with Gasteiger partial charge in [0, 0.05) is 11.5 Å². The number of aldehydes is 1. The molecule has 2 aliphatic carbocycles. The van der Waals surface area contributed by atoms with E-state index in [2.05, 4.69) is 0 Å². The fraction of sp³-hybridized carbons (Fsp3) is 0.500. The van der Waals surface area contributed by atoms with Gasteiger partial charge in [0.1, 0.15) is 0 Å². The Bertz CT molecular complexity index is 385. The minimum Gasteiger partial charge on any atom is -0.763 e. The van der Waals surface area contributed by atoms with Crippen LogP contribution >= 0.6 is 0 Å². The monoisotopic (exact) mass is 240 g/mol. The van der Waals surface area contributed by atoms with E-state index in [9.17, 15) is 9.59 Å². The van der Waals surface area contributed by atoms with E-state index < -0.39 is 0 Å². The summed E-state index contributed by atoms with van der Waals surface area (Å²) >= 11 is 0. The van der Waals surface area contributed by atoms with E-state index in [4.69, 9.17) is 10.8 Å². The summed E-state index contributed by atoms with van der Waals surface area (Å²) in [6, 6.07) is 0. The van der Waals surface area contributed by atoms with Crippen LogP contribution in [0.2, 0.25) is 0 Å². The van der Waals surface area contributed by atoms with Gasteiger partial charge in [-0.25, -0.2) is 0 Å². The van der Waals surface area contributed by atoms with Gasteiger partial charge in [0.15, 0.2) is 12.1 Å². The smallest absolute Gasteiger partial charge is 0.763 e. The number of carbonyl (C=O) groups is 2. The van der Waals surface area contributed by atoms with Gasteiger partial charge in [0.25, 0.3) is 0 Å². The van der Waals surface area contributed by atoms with Crippen molar-refractivity contribution < 1.29 is 9.59 Å². The van der Waals surface area contributed by atoms with E-state index in [0.29, 0.717) is 17.8 Å². The van der Waals surface area contributed by atoms with Crippen molar-refractivity contribution in [2.24, 2.45) is 11.8 Å². The van der Waals surface area contributed by atoms with Crippen LogP contribution in [0.4, 0.5) is 0 Å². The van der Waals surface area contributed by atoms with Crippen molar-refractivity contribution in [2.45, 2.75) is 25.7 Å². The van der Waals surface area contributed by atoms with Gasteiger partial charge in [0.05, 0.1) is 0 Å². The Balaban J connectivity index is 0.000000284. The molecule has 0 unspecified atom stereocenters. The first-order chi connectivity index (χ1) is 7.72.